The summed E-state index contributed by atoms with van der Waals surface area (Å²) in [7, 11) is 1.59. The van der Waals surface area contributed by atoms with E-state index in [4.69, 9.17) is 4.74 Å². The van der Waals surface area contributed by atoms with Gasteiger partial charge in [-0.25, -0.2) is 0 Å². The number of ether oxygens (including phenoxy) is 1. The largest absolute Gasteiger partial charge is 0.494 e. The Kier molecular flexibility index (Phi) is 5.85. The molecule has 1 aromatic carbocycles. The molecule has 3 N–H and O–H groups in total. The lowest BCUT2D eigenvalue weighted by molar-refractivity contribution is -0.632. The number of hydrogen-bond donors (Lipinski definition) is 2. The highest BCUT2D eigenvalue weighted by Gasteiger charge is 2.36. The highest BCUT2D eigenvalue weighted by Crippen LogP contribution is 2.40. The molecular weight excluding hydrogens is 318 g/mol. The van der Waals surface area contributed by atoms with Gasteiger partial charge in [0.15, 0.2) is 13.1 Å². The molecule has 0 aliphatic carbocycles. The number of allylic oxidation sites excluding steroid dienone is 1. The molecule has 6 heteroatoms. The van der Waals surface area contributed by atoms with Crippen LogP contribution in [-0.4, -0.2) is 44.1 Å². The minimum atomic E-state index is -0.428. The summed E-state index contributed by atoms with van der Waals surface area (Å²) < 4.78 is 5.59. The molecule has 0 radical (unpaired) electrons. The van der Waals surface area contributed by atoms with Crippen LogP contribution >= 0.6 is 0 Å². The second kappa shape index (κ2) is 7.70. The van der Waals surface area contributed by atoms with Crippen molar-refractivity contribution in [1.82, 2.24) is 5.32 Å². The van der Waals surface area contributed by atoms with Crippen LogP contribution in [0.5, 0.6) is 5.75 Å². The monoisotopic (exact) mass is 346 g/mol. The molecular formula is C19H28N3O3+. The molecule has 1 aromatic rings. The van der Waals surface area contributed by atoms with E-state index in [1.165, 1.54) is 0 Å². The van der Waals surface area contributed by atoms with Gasteiger partial charge >= 0.3 is 0 Å². The molecule has 0 fully saturated rings. The lowest BCUT2D eigenvalue weighted by Crippen LogP contribution is -2.89. The molecule has 0 saturated carbocycles. The maximum absolute atomic E-state index is 12.9. The summed E-state index contributed by atoms with van der Waals surface area (Å²) in [6, 6.07) is 5.81. The SMILES string of the molecule is CCOc1ccc2c(c1)C(C)=CC(C)(C)N2C(=O)C[NH2+]CC(=O)NC. The highest BCUT2D eigenvalue weighted by atomic mass is 16.5. The van der Waals surface area contributed by atoms with Crippen LogP contribution in [0.4, 0.5) is 5.69 Å². The van der Waals surface area contributed by atoms with Gasteiger partial charge in [-0.15, -0.1) is 0 Å². The number of amides is 2. The number of anilines is 1. The highest BCUT2D eigenvalue weighted by molar-refractivity contribution is 6.01. The van der Waals surface area contributed by atoms with Crippen molar-refractivity contribution in [3.8, 4) is 5.75 Å². The fourth-order valence-electron chi connectivity index (χ4n) is 3.24. The number of likely N-dealkylation sites (N-methyl/N-ethyl adjacent to an activating group) is 1. The predicted octanol–water partition coefficient (Wildman–Crippen LogP) is 0.923. The Bertz CT molecular complexity index is 695. The van der Waals surface area contributed by atoms with Gasteiger partial charge in [0.1, 0.15) is 5.75 Å². The summed E-state index contributed by atoms with van der Waals surface area (Å²) in [6.45, 7) is 9.10. The Morgan fingerprint density at radius 1 is 1.28 bits per heavy atom. The summed E-state index contributed by atoms with van der Waals surface area (Å²) in [5.41, 5.74) is 2.58. The third-order valence-corrected chi connectivity index (χ3v) is 4.27. The van der Waals surface area contributed by atoms with Crippen LogP contribution in [0.1, 0.15) is 33.3 Å². The third kappa shape index (κ3) is 4.20. The minimum absolute atomic E-state index is 0.0249. The van der Waals surface area contributed by atoms with E-state index in [0.29, 0.717) is 6.61 Å². The number of carbonyl (C=O) groups excluding carboxylic acids is 2. The van der Waals surface area contributed by atoms with Gasteiger partial charge < -0.3 is 15.4 Å². The summed E-state index contributed by atoms with van der Waals surface area (Å²) in [5.74, 6) is 0.679. The second-order valence-corrected chi connectivity index (χ2v) is 6.69. The van der Waals surface area contributed by atoms with Gasteiger partial charge in [0.05, 0.1) is 17.8 Å². The van der Waals surface area contributed by atoms with Crippen molar-refractivity contribution in [3.05, 3.63) is 29.8 Å². The number of nitrogens with zero attached hydrogens (tertiary/aromatic N) is 1. The zero-order chi connectivity index (χ0) is 18.6. The molecule has 0 unspecified atom stereocenters. The van der Waals surface area contributed by atoms with E-state index in [1.807, 2.05) is 43.9 Å². The topological polar surface area (TPSA) is 75.2 Å². The van der Waals surface area contributed by atoms with Gasteiger partial charge in [-0.2, -0.15) is 0 Å². The molecule has 6 nitrogen and oxygen atoms in total. The first kappa shape index (κ1) is 19.0. The standard InChI is InChI=1S/C19H27N3O3/c1-6-25-14-7-8-16-15(9-14)13(2)10-19(3,4)22(16)18(24)12-21-11-17(23)20-5/h7-10,21H,6,11-12H2,1-5H3,(H,20,23)/p+1. The first-order valence-corrected chi connectivity index (χ1v) is 8.62. The number of quaternary nitrogens is 1. The van der Waals surface area contributed by atoms with Crippen molar-refractivity contribution in [2.75, 3.05) is 31.6 Å². The number of benzene rings is 1. The Balaban J connectivity index is 2.28. The fraction of sp³-hybridized carbons (Fsp3) is 0.474. The molecule has 0 spiro atoms. The van der Waals surface area contributed by atoms with Crippen molar-refractivity contribution in [3.63, 3.8) is 0 Å². The van der Waals surface area contributed by atoms with Crippen LogP contribution in [0.15, 0.2) is 24.3 Å². The number of rotatable bonds is 6. The molecule has 0 saturated heterocycles. The average molecular weight is 346 g/mol. The minimum Gasteiger partial charge on any atom is -0.494 e. The van der Waals surface area contributed by atoms with Gasteiger partial charge in [0.25, 0.3) is 11.8 Å². The van der Waals surface area contributed by atoms with E-state index in [-0.39, 0.29) is 24.9 Å². The van der Waals surface area contributed by atoms with Crippen LogP contribution in [0, 0.1) is 0 Å². The van der Waals surface area contributed by atoms with Crippen LogP contribution in [0.25, 0.3) is 5.57 Å². The van der Waals surface area contributed by atoms with E-state index >= 15 is 0 Å². The molecule has 0 atom stereocenters. The molecule has 2 amide bonds. The first-order valence-electron chi connectivity index (χ1n) is 8.62. The maximum Gasteiger partial charge on any atom is 0.282 e. The van der Waals surface area contributed by atoms with Crippen molar-refractivity contribution >= 4 is 23.1 Å². The van der Waals surface area contributed by atoms with E-state index in [0.717, 1.165) is 22.6 Å². The van der Waals surface area contributed by atoms with Crippen molar-refractivity contribution in [1.29, 1.82) is 0 Å². The summed E-state index contributed by atoms with van der Waals surface area (Å²) in [5, 5.41) is 4.27. The van der Waals surface area contributed by atoms with E-state index in [2.05, 4.69) is 18.3 Å². The lowest BCUT2D eigenvalue weighted by atomic mass is 9.88. The van der Waals surface area contributed by atoms with E-state index in [1.54, 1.807) is 12.4 Å². The third-order valence-electron chi connectivity index (χ3n) is 4.27. The van der Waals surface area contributed by atoms with E-state index in [9.17, 15) is 9.59 Å². The number of hydrogen-bond acceptors (Lipinski definition) is 3. The first-order chi connectivity index (χ1) is 11.8. The Hall–Kier alpha value is -2.34. The Morgan fingerprint density at radius 3 is 2.64 bits per heavy atom. The van der Waals surface area contributed by atoms with Gasteiger partial charge in [-0.3, -0.25) is 14.5 Å². The quantitative estimate of drug-likeness (QED) is 0.804. The van der Waals surface area contributed by atoms with E-state index < -0.39 is 5.54 Å². The van der Waals surface area contributed by atoms with Crippen LogP contribution < -0.4 is 20.3 Å². The molecule has 1 heterocycles. The number of fused-ring (bicyclic) bond motifs is 1. The molecule has 136 valence electrons. The number of carbonyl (C=O) groups is 2. The molecule has 0 aromatic heterocycles. The van der Waals surface area contributed by atoms with Gasteiger partial charge in [0, 0.05) is 12.6 Å². The predicted molar refractivity (Wildman–Crippen MR) is 98.6 cm³/mol. The summed E-state index contributed by atoms with van der Waals surface area (Å²) in [4.78, 5) is 26.0. The average Bonchev–Trinajstić information content (AvgIpc) is 2.54. The molecule has 2 rings (SSSR count). The van der Waals surface area contributed by atoms with Gasteiger partial charge in [-0.05, 0) is 51.5 Å². The molecule has 1 aliphatic heterocycles. The second-order valence-electron chi connectivity index (χ2n) is 6.69. The van der Waals surface area contributed by atoms with Gasteiger partial charge in [-0.1, -0.05) is 6.08 Å². The van der Waals surface area contributed by atoms with Crippen molar-refractivity contribution in [2.24, 2.45) is 0 Å². The van der Waals surface area contributed by atoms with Crippen LogP contribution in [0.3, 0.4) is 0 Å². The van der Waals surface area contributed by atoms with Crippen LogP contribution in [-0.2, 0) is 9.59 Å². The maximum atomic E-state index is 12.9. The summed E-state index contributed by atoms with van der Waals surface area (Å²) >= 11 is 0. The Morgan fingerprint density at radius 2 is 2.00 bits per heavy atom. The molecule has 0 bridgehead atoms. The normalized spacial score (nSPS) is 15.2. The van der Waals surface area contributed by atoms with Crippen molar-refractivity contribution < 1.29 is 19.6 Å². The number of nitrogens with two attached hydrogens (primary N) is 1. The molecule has 1 aliphatic rings. The number of nitrogens with one attached hydrogen (secondary N) is 1. The van der Waals surface area contributed by atoms with Gasteiger partial charge in [0.2, 0.25) is 0 Å². The Labute approximate surface area is 149 Å². The zero-order valence-corrected chi connectivity index (χ0v) is 15.7. The lowest BCUT2D eigenvalue weighted by Gasteiger charge is -2.41. The molecule has 25 heavy (non-hydrogen) atoms. The zero-order valence-electron chi connectivity index (χ0n) is 15.7. The van der Waals surface area contributed by atoms with Crippen LogP contribution in [0.2, 0.25) is 0 Å². The fourth-order valence-corrected chi connectivity index (χ4v) is 3.24. The summed E-state index contributed by atoms with van der Waals surface area (Å²) in [6.07, 6.45) is 2.10. The smallest absolute Gasteiger partial charge is 0.282 e. The van der Waals surface area contributed by atoms with Crippen molar-refractivity contribution in [2.45, 2.75) is 33.2 Å².